The maximum atomic E-state index is 12.6. The lowest BCUT2D eigenvalue weighted by atomic mass is 10.1. The predicted molar refractivity (Wildman–Crippen MR) is 192 cm³/mol. The summed E-state index contributed by atoms with van der Waals surface area (Å²) >= 11 is 0. The summed E-state index contributed by atoms with van der Waals surface area (Å²) in [5.41, 5.74) is 0. The number of ether oxygens (including phenoxy) is 2. The fourth-order valence-electron chi connectivity index (χ4n) is 5.01. The van der Waals surface area contributed by atoms with Crippen LogP contribution >= 0.6 is 7.82 Å². The van der Waals surface area contributed by atoms with Crippen molar-refractivity contribution in [1.82, 2.24) is 0 Å². The average molecular weight is 691 g/mol. The van der Waals surface area contributed by atoms with Crippen LogP contribution in [0.2, 0.25) is 0 Å². The molecule has 10 heteroatoms. The molecule has 9 nitrogen and oxygen atoms in total. The van der Waals surface area contributed by atoms with E-state index in [0.717, 1.165) is 44.9 Å². The highest BCUT2D eigenvalue weighted by atomic mass is 31.2. The molecular formula is C37H73NO8P+. The fraction of sp³-hybridized carbons (Fsp3) is 0.892. The Kier molecular flexibility index (Phi) is 30.0. The van der Waals surface area contributed by atoms with Crippen LogP contribution in [-0.4, -0.2) is 74.9 Å². The van der Waals surface area contributed by atoms with E-state index in [1.165, 1.54) is 83.5 Å². The lowest BCUT2D eigenvalue weighted by Crippen LogP contribution is -2.37. The second-order valence-electron chi connectivity index (χ2n) is 14.0. The van der Waals surface area contributed by atoms with Gasteiger partial charge < -0.3 is 18.9 Å². The third-order valence-electron chi connectivity index (χ3n) is 8.05. The molecule has 2 atom stereocenters. The Hall–Kier alpha value is -1.25. The Morgan fingerprint density at radius 2 is 1.09 bits per heavy atom. The molecule has 0 spiro atoms. The molecule has 47 heavy (non-hydrogen) atoms. The highest BCUT2D eigenvalue weighted by Gasteiger charge is 2.27. The maximum Gasteiger partial charge on any atom is 0.472 e. The van der Waals surface area contributed by atoms with Crippen molar-refractivity contribution in [1.29, 1.82) is 0 Å². The summed E-state index contributed by atoms with van der Waals surface area (Å²) in [5.74, 6) is -0.806. The van der Waals surface area contributed by atoms with Crippen LogP contribution in [0.1, 0.15) is 162 Å². The van der Waals surface area contributed by atoms with Crippen molar-refractivity contribution in [2.24, 2.45) is 0 Å². The number of nitrogens with zero attached hydrogens (tertiary/aromatic N) is 1. The third-order valence-corrected chi connectivity index (χ3v) is 9.03. The number of unbranched alkanes of at least 4 members (excludes halogenated alkanes) is 18. The number of allylic oxidation sites excluding steroid dienone is 2. The predicted octanol–water partition coefficient (Wildman–Crippen LogP) is 9.85. The first-order valence-corrected chi connectivity index (χ1v) is 20.4. The minimum absolute atomic E-state index is 0.0333. The van der Waals surface area contributed by atoms with Crippen LogP contribution in [0.5, 0.6) is 0 Å². The van der Waals surface area contributed by atoms with Gasteiger partial charge in [-0.05, 0) is 38.5 Å². The molecule has 278 valence electrons. The summed E-state index contributed by atoms with van der Waals surface area (Å²) in [6, 6.07) is 0. The molecule has 0 radical (unpaired) electrons. The van der Waals surface area contributed by atoms with Crippen molar-refractivity contribution >= 4 is 19.8 Å². The lowest BCUT2D eigenvalue weighted by Gasteiger charge is -2.24. The van der Waals surface area contributed by atoms with Crippen LogP contribution in [0.25, 0.3) is 0 Å². The zero-order valence-electron chi connectivity index (χ0n) is 31.0. The van der Waals surface area contributed by atoms with E-state index < -0.39 is 26.5 Å². The van der Waals surface area contributed by atoms with Crippen molar-refractivity contribution in [2.75, 3.05) is 47.5 Å². The van der Waals surface area contributed by atoms with Crippen molar-refractivity contribution < 1.29 is 42.1 Å². The first-order valence-electron chi connectivity index (χ1n) is 18.9. The van der Waals surface area contributed by atoms with Crippen LogP contribution < -0.4 is 0 Å². The molecule has 0 amide bonds. The number of carbonyl (C=O) groups excluding carboxylic acids is 2. The molecule has 0 aromatic heterocycles. The molecule has 1 N–H and O–H groups in total. The SMILES string of the molecule is CCCCCC/C=C/CCCCCCCCCC(=O)O[C@H](COC(=O)CCCCCCCCCC)COP(=O)(O)OCC[N+](C)(C)C. The Balaban J connectivity index is 4.40. The zero-order chi connectivity index (χ0) is 35.1. The number of carbonyl (C=O) groups is 2. The van der Waals surface area contributed by atoms with E-state index in [0.29, 0.717) is 23.9 Å². The van der Waals surface area contributed by atoms with Crippen LogP contribution in [0.4, 0.5) is 0 Å². The molecule has 0 saturated heterocycles. The molecule has 0 aromatic carbocycles. The Labute approximate surface area is 288 Å². The Morgan fingerprint density at radius 1 is 0.638 bits per heavy atom. The Morgan fingerprint density at radius 3 is 1.60 bits per heavy atom. The van der Waals surface area contributed by atoms with Crippen molar-refractivity contribution in [3.05, 3.63) is 12.2 Å². The van der Waals surface area contributed by atoms with E-state index in [-0.39, 0.29) is 25.6 Å². The number of phosphoric acid groups is 1. The quantitative estimate of drug-likeness (QED) is 0.0234. The molecule has 0 aromatic rings. The summed E-state index contributed by atoms with van der Waals surface area (Å²) in [6.45, 7) is 4.36. The molecule has 1 unspecified atom stereocenters. The van der Waals surface area contributed by atoms with Crippen LogP contribution in [0, 0.1) is 0 Å². The van der Waals surface area contributed by atoms with Gasteiger partial charge in [-0.3, -0.25) is 18.6 Å². The van der Waals surface area contributed by atoms with Gasteiger partial charge in [0.25, 0.3) is 0 Å². The topological polar surface area (TPSA) is 108 Å². The number of hydrogen-bond donors (Lipinski definition) is 1. The normalized spacial score (nSPS) is 13.9. The molecule has 0 heterocycles. The monoisotopic (exact) mass is 691 g/mol. The van der Waals surface area contributed by atoms with E-state index in [4.69, 9.17) is 18.5 Å². The van der Waals surface area contributed by atoms with Crippen LogP contribution in [0.15, 0.2) is 12.2 Å². The van der Waals surface area contributed by atoms with Gasteiger partial charge in [-0.15, -0.1) is 0 Å². The number of esters is 2. The second kappa shape index (κ2) is 30.8. The summed E-state index contributed by atoms with van der Waals surface area (Å²) < 4.78 is 34.1. The zero-order valence-corrected chi connectivity index (χ0v) is 31.9. The summed E-state index contributed by atoms with van der Waals surface area (Å²) in [6.07, 6.45) is 28.3. The molecule has 0 fully saturated rings. The van der Waals surface area contributed by atoms with Gasteiger partial charge in [-0.1, -0.05) is 122 Å². The van der Waals surface area contributed by atoms with Crippen molar-refractivity contribution in [3.8, 4) is 0 Å². The molecule has 0 saturated carbocycles. The van der Waals surface area contributed by atoms with Gasteiger partial charge in [0, 0.05) is 12.8 Å². The largest absolute Gasteiger partial charge is 0.472 e. The van der Waals surface area contributed by atoms with Gasteiger partial charge >= 0.3 is 19.8 Å². The van der Waals surface area contributed by atoms with Gasteiger partial charge in [0.1, 0.15) is 19.8 Å². The molecular weight excluding hydrogens is 617 g/mol. The molecule has 0 aliphatic heterocycles. The number of quaternary nitrogens is 1. The van der Waals surface area contributed by atoms with E-state index >= 15 is 0 Å². The van der Waals surface area contributed by atoms with Gasteiger partial charge in [-0.2, -0.15) is 0 Å². The van der Waals surface area contributed by atoms with E-state index in [9.17, 15) is 19.0 Å². The number of phosphoric ester groups is 1. The fourth-order valence-corrected chi connectivity index (χ4v) is 5.75. The summed E-state index contributed by atoms with van der Waals surface area (Å²) in [4.78, 5) is 35.0. The number of rotatable bonds is 34. The first kappa shape index (κ1) is 45.8. The smallest absolute Gasteiger partial charge is 0.462 e. The molecule has 0 rings (SSSR count). The standard InChI is InChI=1S/C37H72NO8P/c1-6-8-10-12-14-16-17-18-19-20-21-22-24-26-28-30-37(40)46-35(34-45-47(41,42)44-32-31-38(3,4)5)33-43-36(39)29-27-25-23-15-13-11-9-7-2/h16-17,35H,6-15,18-34H2,1-5H3/p+1/b17-16+/t35-/m1/s1. The minimum atomic E-state index is -4.36. The maximum absolute atomic E-state index is 12.6. The third kappa shape index (κ3) is 34.4. The molecule has 0 aliphatic rings. The highest BCUT2D eigenvalue weighted by molar-refractivity contribution is 7.47. The van der Waals surface area contributed by atoms with Crippen molar-refractivity contribution in [2.45, 2.75) is 168 Å². The van der Waals surface area contributed by atoms with E-state index in [1.807, 2.05) is 21.1 Å². The van der Waals surface area contributed by atoms with E-state index in [2.05, 4.69) is 26.0 Å². The average Bonchev–Trinajstić information content (AvgIpc) is 3.01. The van der Waals surface area contributed by atoms with Gasteiger partial charge in [0.05, 0.1) is 27.7 Å². The highest BCUT2D eigenvalue weighted by Crippen LogP contribution is 2.43. The molecule has 0 bridgehead atoms. The van der Waals surface area contributed by atoms with Crippen molar-refractivity contribution in [3.63, 3.8) is 0 Å². The number of hydrogen-bond acceptors (Lipinski definition) is 7. The van der Waals surface area contributed by atoms with Gasteiger partial charge in [0.2, 0.25) is 0 Å². The number of likely N-dealkylation sites (N-methyl/N-ethyl adjacent to an activating group) is 1. The minimum Gasteiger partial charge on any atom is -0.462 e. The Bertz CT molecular complexity index is 830. The van der Waals surface area contributed by atoms with E-state index in [1.54, 1.807) is 0 Å². The molecule has 0 aliphatic carbocycles. The van der Waals surface area contributed by atoms with Gasteiger partial charge in [-0.25, -0.2) is 4.57 Å². The summed E-state index contributed by atoms with van der Waals surface area (Å²) in [7, 11) is 1.48. The van der Waals surface area contributed by atoms with Crippen LogP contribution in [0.3, 0.4) is 0 Å². The second-order valence-corrected chi connectivity index (χ2v) is 15.4. The summed E-state index contributed by atoms with van der Waals surface area (Å²) in [5, 5.41) is 0. The lowest BCUT2D eigenvalue weighted by molar-refractivity contribution is -0.870. The van der Waals surface area contributed by atoms with Crippen LogP contribution in [-0.2, 0) is 32.7 Å². The van der Waals surface area contributed by atoms with Gasteiger partial charge in [0.15, 0.2) is 6.10 Å². The first-order chi connectivity index (χ1) is 22.5.